The maximum absolute atomic E-state index is 9.47. The highest BCUT2D eigenvalue weighted by Gasteiger charge is 2.20. The highest BCUT2D eigenvalue weighted by atomic mass is 16.3. The molecule has 2 rings (SSSR count). The maximum atomic E-state index is 9.47. The zero-order chi connectivity index (χ0) is 12.1. The normalized spacial score (nSPS) is 20.7. The van der Waals surface area contributed by atoms with Crippen LogP contribution in [0.3, 0.4) is 0 Å². The Hall–Kier alpha value is -1.13. The number of hydrogen-bond donors (Lipinski definition) is 2. The summed E-state index contributed by atoms with van der Waals surface area (Å²) in [4.78, 5) is 6.62. The third-order valence-corrected chi connectivity index (χ3v) is 3.03. The molecule has 4 nitrogen and oxygen atoms in total. The number of nitrogens with one attached hydrogen (secondary N) is 1. The van der Waals surface area contributed by atoms with Gasteiger partial charge in [-0.05, 0) is 25.0 Å². The average molecular weight is 235 g/mol. The van der Waals surface area contributed by atoms with E-state index < -0.39 is 0 Å². The number of aliphatic hydroxyl groups is 1. The van der Waals surface area contributed by atoms with Gasteiger partial charge in [0, 0.05) is 38.1 Å². The molecule has 4 heteroatoms. The van der Waals surface area contributed by atoms with Crippen LogP contribution in [0.25, 0.3) is 0 Å². The summed E-state index contributed by atoms with van der Waals surface area (Å²) in [5.41, 5.74) is 2.21. The zero-order valence-electron chi connectivity index (χ0n) is 10.4. The van der Waals surface area contributed by atoms with Crippen LogP contribution in [0.5, 0.6) is 0 Å². The smallest absolute Gasteiger partial charge is 0.0679 e. The van der Waals surface area contributed by atoms with Crippen LogP contribution in [-0.4, -0.2) is 40.7 Å². The molecule has 2 N–H and O–H groups in total. The SMILES string of the molecule is CCCNc1ccnc(CN2CCC(O)C2)c1. The first-order chi connectivity index (χ1) is 8.28. The molecular weight excluding hydrogens is 214 g/mol. The van der Waals surface area contributed by atoms with Crippen molar-refractivity contribution >= 4 is 5.69 Å². The summed E-state index contributed by atoms with van der Waals surface area (Å²) in [6.45, 7) is 5.72. The van der Waals surface area contributed by atoms with Crippen molar-refractivity contribution < 1.29 is 5.11 Å². The lowest BCUT2D eigenvalue weighted by Crippen LogP contribution is -2.22. The molecule has 17 heavy (non-hydrogen) atoms. The monoisotopic (exact) mass is 235 g/mol. The number of aromatic nitrogens is 1. The lowest BCUT2D eigenvalue weighted by Gasteiger charge is -2.14. The molecule has 1 unspecified atom stereocenters. The second-order valence-corrected chi connectivity index (χ2v) is 4.64. The quantitative estimate of drug-likeness (QED) is 0.811. The van der Waals surface area contributed by atoms with Crippen LogP contribution >= 0.6 is 0 Å². The van der Waals surface area contributed by atoms with E-state index in [4.69, 9.17) is 0 Å². The van der Waals surface area contributed by atoms with E-state index in [1.165, 1.54) is 0 Å². The molecule has 1 atom stereocenters. The number of aliphatic hydroxyl groups excluding tert-OH is 1. The maximum Gasteiger partial charge on any atom is 0.0679 e. The Labute approximate surface area is 103 Å². The Balaban J connectivity index is 1.91. The fourth-order valence-electron chi connectivity index (χ4n) is 2.13. The standard InChI is InChI=1S/C13H21N3O/c1-2-5-14-11-3-6-15-12(8-11)9-16-7-4-13(17)10-16/h3,6,8,13,17H,2,4-5,7,9-10H2,1H3,(H,14,15). The molecule has 1 aliphatic rings. The number of pyridine rings is 1. The minimum atomic E-state index is -0.156. The predicted molar refractivity (Wildman–Crippen MR) is 68.9 cm³/mol. The molecule has 1 saturated heterocycles. The van der Waals surface area contributed by atoms with Crippen LogP contribution in [0.4, 0.5) is 5.69 Å². The summed E-state index contributed by atoms with van der Waals surface area (Å²) >= 11 is 0. The van der Waals surface area contributed by atoms with Gasteiger partial charge in [-0.2, -0.15) is 0 Å². The van der Waals surface area contributed by atoms with Crippen molar-refractivity contribution in [3.05, 3.63) is 24.0 Å². The Morgan fingerprint density at radius 1 is 1.59 bits per heavy atom. The lowest BCUT2D eigenvalue weighted by atomic mass is 10.3. The third kappa shape index (κ3) is 3.68. The van der Waals surface area contributed by atoms with E-state index in [1.807, 2.05) is 12.3 Å². The molecule has 0 amide bonds. The minimum Gasteiger partial charge on any atom is -0.392 e. The van der Waals surface area contributed by atoms with Crippen LogP contribution in [-0.2, 0) is 6.54 Å². The first-order valence-corrected chi connectivity index (χ1v) is 6.37. The Morgan fingerprint density at radius 3 is 3.18 bits per heavy atom. The molecule has 0 aromatic carbocycles. The number of β-amino-alcohol motifs (C(OH)–C–C–N with tert-alkyl or cyclic N) is 1. The second kappa shape index (κ2) is 5.98. The van der Waals surface area contributed by atoms with Crippen LogP contribution in [0.15, 0.2) is 18.3 Å². The van der Waals surface area contributed by atoms with Crippen LogP contribution < -0.4 is 5.32 Å². The molecule has 1 aromatic heterocycles. The zero-order valence-corrected chi connectivity index (χ0v) is 10.4. The number of nitrogens with zero attached hydrogens (tertiary/aromatic N) is 2. The molecule has 2 heterocycles. The Bertz CT molecular complexity index is 356. The van der Waals surface area contributed by atoms with Gasteiger partial charge in [0.05, 0.1) is 11.8 Å². The van der Waals surface area contributed by atoms with E-state index in [0.717, 1.165) is 50.4 Å². The van der Waals surface area contributed by atoms with Gasteiger partial charge in [-0.15, -0.1) is 0 Å². The fraction of sp³-hybridized carbons (Fsp3) is 0.615. The molecule has 1 fully saturated rings. The van der Waals surface area contributed by atoms with Crippen molar-refractivity contribution in [2.75, 3.05) is 25.0 Å². The highest BCUT2D eigenvalue weighted by molar-refractivity contribution is 5.43. The number of rotatable bonds is 5. The van der Waals surface area contributed by atoms with Crippen LogP contribution in [0.1, 0.15) is 25.5 Å². The molecule has 0 spiro atoms. The number of anilines is 1. The molecule has 0 aliphatic carbocycles. The van der Waals surface area contributed by atoms with Crippen molar-refractivity contribution in [2.45, 2.75) is 32.4 Å². The summed E-state index contributed by atoms with van der Waals surface area (Å²) in [5.74, 6) is 0. The first-order valence-electron chi connectivity index (χ1n) is 6.37. The van der Waals surface area contributed by atoms with Gasteiger partial charge in [-0.3, -0.25) is 9.88 Å². The van der Waals surface area contributed by atoms with Gasteiger partial charge in [0.2, 0.25) is 0 Å². The van der Waals surface area contributed by atoms with E-state index in [1.54, 1.807) is 0 Å². The summed E-state index contributed by atoms with van der Waals surface area (Å²) in [7, 11) is 0. The molecule has 1 aliphatic heterocycles. The summed E-state index contributed by atoms with van der Waals surface area (Å²) in [6, 6.07) is 4.10. The second-order valence-electron chi connectivity index (χ2n) is 4.64. The molecule has 1 aromatic rings. The van der Waals surface area contributed by atoms with E-state index in [-0.39, 0.29) is 6.10 Å². The summed E-state index contributed by atoms with van der Waals surface area (Å²) < 4.78 is 0. The van der Waals surface area contributed by atoms with Crippen LogP contribution in [0, 0.1) is 0 Å². The van der Waals surface area contributed by atoms with Crippen molar-refractivity contribution in [1.82, 2.24) is 9.88 Å². The summed E-state index contributed by atoms with van der Waals surface area (Å²) in [5, 5.41) is 12.8. The van der Waals surface area contributed by atoms with E-state index in [0.29, 0.717) is 0 Å². The Morgan fingerprint density at radius 2 is 2.47 bits per heavy atom. The summed E-state index contributed by atoms with van der Waals surface area (Å²) in [6.07, 6.45) is 3.69. The lowest BCUT2D eigenvalue weighted by molar-refractivity contribution is 0.174. The van der Waals surface area contributed by atoms with Crippen molar-refractivity contribution in [3.63, 3.8) is 0 Å². The van der Waals surface area contributed by atoms with E-state index in [2.05, 4.69) is 28.2 Å². The van der Waals surface area contributed by atoms with Gasteiger partial charge >= 0.3 is 0 Å². The van der Waals surface area contributed by atoms with Crippen molar-refractivity contribution in [3.8, 4) is 0 Å². The van der Waals surface area contributed by atoms with Gasteiger partial charge < -0.3 is 10.4 Å². The predicted octanol–water partition coefficient (Wildman–Crippen LogP) is 1.47. The fourth-order valence-corrected chi connectivity index (χ4v) is 2.13. The van der Waals surface area contributed by atoms with Gasteiger partial charge in [0.15, 0.2) is 0 Å². The highest BCUT2D eigenvalue weighted by Crippen LogP contribution is 2.14. The minimum absolute atomic E-state index is 0.156. The number of likely N-dealkylation sites (tertiary alicyclic amines) is 1. The molecule has 94 valence electrons. The van der Waals surface area contributed by atoms with Crippen molar-refractivity contribution in [1.29, 1.82) is 0 Å². The third-order valence-electron chi connectivity index (χ3n) is 3.03. The van der Waals surface area contributed by atoms with E-state index in [9.17, 15) is 5.11 Å². The van der Waals surface area contributed by atoms with Gasteiger partial charge in [-0.1, -0.05) is 6.92 Å². The topological polar surface area (TPSA) is 48.4 Å². The van der Waals surface area contributed by atoms with E-state index >= 15 is 0 Å². The van der Waals surface area contributed by atoms with Crippen LogP contribution in [0.2, 0.25) is 0 Å². The molecular formula is C13H21N3O. The first kappa shape index (κ1) is 12.3. The van der Waals surface area contributed by atoms with Gasteiger partial charge in [0.25, 0.3) is 0 Å². The Kier molecular flexibility index (Phi) is 4.34. The van der Waals surface area contributed by atoms with Crippen molar-refractivity contribution in [2.24, 2.45) is 0 Å². The van der Waals surface area contributed by atoms with Gasteiger partial charge in [0.1, 0.15) is 0 Å². The average Bonchev–Trinajstić information content (AvgIpc) is 2.73. The molecule has 0 bridgehead atoms. The number of hydrogen-bond acceptors (Lipinski definition) is 4. The molecule has 0 radical (unpaired) electrons. The van der Waals surface area contributed by atoms with Gasteiger partial charge in [-0.25, -0.2) is 0 Å². The largest absolute Gasteiger partial charge is 0.392 e. The molecule has 0 saturated carbocycles.